The van der Waals surface area contributed by atoms with Crippen LogP contribution < -0.4 is 17.0 Å². The van der Waals surface area contributed by atoms with Crippen molar-refractivity contribution >= 4 is 24.0 Å². The van der Waals surface area contributed by atoms with E-state index in [2.05, 4.69) is 0 Å². The number of benzene rings is 1. The Kier molecular flexibility index (Phi) is 4.16. The molecule has 0 aliphatic carbocycles. The van der Waals surface area contributed by atoms with Crippen LogP contribution >= 0.6 is 12.4 Å². The van der Waals surface area contributed by atoms with Crippen LogP contribution in [-0.4, -0.2) is 5.91 Å². The quantitative estimate of drug-likeness (QED) is 0.269. The largest absolute Gasteiger partial charge is 0.396 e. The van der Waals surface area contributed by atoms with Crippen molar-refractivity contribution in [2.24, 2.45) is 5.84 Å². The second-order valence-electron chi connectivity index (χ2n) is 2.21. The lowest BCUT2D eigenvalue weighted by atomic mass is 10.2. The van der Waals surface area contributed by atoms with Crippen molar-refractivity contribution in [1.29, 1.82) is 0 Å². The van der Waals surface area contributed by atoms with Gasteiger partial charge in [0.25, 0.3) is 5.91 Å². The van der Waals surface area contributed by atoms with Gasteiger partial charge < -0.3 is 5.73 Å². The van der Waals surface area contributed by atoms with Crippen LogP contribution in [0, 0.1) is 5.82 Å². The standard InChI is InChI=1S/C7H8FN3O.ClH/c8-5-2-1-4(3-6(5)9)7(12)11-10;/h1-3H,9-10H2,(H,11,12);1H. The number of carbonyl (C=O) groups excluding carboxylic acids is 1. The van der Waals surface area contributed by atoms with Gasteiger partial charge in [-0.2, -0.15) is 0 Å². The summed E-state index contributed by atoms with van der Waals surface area (Å²) in [7, 11) is 0. The lowest BCUT2D eigenvalue weighted by Gasteiger charge is -2.00. The first-order chi connectivity index (χ1) is 5.65. The Bertz CT molecular complexity index is 319. The van der Waals surface area contributed by atoms with Gasteiger partial charge in [0, 0.05) is 5.56 Å². The zero-order valence-electron chi connectivity index (χ0n) is 6.58. The number of amides is 1. The van der Waals surface area contributed by atoms with Gasteiger partial charge in [0.1, 0.15) is 5.82 Å². The Labute approximate surface area is 80.5 Å². The van der Waals surface area contributed by atoms with Gasteiger partial charge in [-0.05, 0) is 18.2 Å². The maximum absolute atomic E-state index is 12.6. The van der Waals surface area contributed by atoms with E-state index in [4.69, 9.17) is 11.6 Å². The lowest BCUT2D eigenvalue weighted by molar-refractivity contribution is 0.0953. The van der Waals surface area contributed by atoms with E-state index in [1.165, 1.54) is 12.1 Å². The minimum atomic E-state index is -0.552. The first-order valence-electron chi connectivity index (χ1n) is 3.21. The molecule has 0 atom stereocenters. The zero-order chi connectivity index (χ0) is 9.14. The molecule has 6 heteroatoms. The molecule has 0 saturated carbocycles. The number of nitrogens with two attached hydrogens (primary N) is 2. The molecule has 13 heavy (non-hydrogen) atoms. The number of carbonyl (C=O) groups is 1. The number of nitrogens with one attached hydrogen (secondary N) is 1. The molecule has 1 amide bonds. The Morgan fingerprint density at radius 2 is 2.08 bits per heavy atom. The van der Waals surface area contributed by atoms with Crippen LogP contribution in [0.15, 0.2) is 18.2 Å². The molecule has 5 N–H and O–H groups in total. The van der Waals surface area contributed by atoms with Crippen LogP contribution in [0.3, 0.4) is 0 Å². The first-order valence-corrected chi connectivity index (χ1v) is 3.21. The summed E-state index contributed by atoms with van der Waals surface area (Å²) >= 11 is 0. The van der Waals surface area contributed by atoms with Crippen molar-refractivity contribution in [2.45, 2.75) is 0 Å². The average molecular weight is 206 g/mol. The molecule has 72 valence electrons. The van der Waals surface area contributed by atoms with Crippen LogP contribution in [0.4, 0.5) is 10.1 Å². The molecule has 0 heterocycles. The Morgan fingerprint density at radius 3 is 2.54 bits per heavy atom. The molecule has 0 aromatic heterocycles. The highest BCUT2D eigenvalue weighted by Gasteiger charge is 2.05. The van der Waals surface area contributed by atoms with Crippen molar-refractivity contribution in [3.8, 4) is 0 Å². The fourth-order valence-corrected chi connectivity index (χ4v) is 0.768. The summed E-state index contributed by atoms with van der Waals surface area (Å²) in [6.07, 6.45) is 0. The van der Waals surface area contributed by atoms with Gasteiger partial charge in [0.05, 0.1) is 5.69 Å². The fraction of sp³-hybridized carbons (Fsp3) is 0. The van der Waals surface area contributed by atoms with Crippen molar-refractivity contribution in [3.05, 3.63) is 29.6 Å². The van der Waals surface area contributed by atoms with Crippen molar-refractivity contribution in [2.75, 3.05) is 5.73 Å². The number of rotatable bonds is 1. The maximum Gasteiger partial charge on any atom is 0.265 e. The zero-order valence-corrected chi connectivity index (χ0v) is 7.40. The second-order valence-corrected chi connectivity index (χ2v) is 2.21. The number of hydrogen-bond acceptors (Lipinski definition) is 3. The number of hydrazine groups is 1. The monoisotopic (exact) mass is 205 g/mol. The molecular formula is C7H9ClFN3O. The highest BCUT2D eigenvalue weighted by atomic mass is 35.5. The van der Waals surface area contributed by atoms with Crippen LogP contribution in [0.25, 0.3) is 0 Å². The number of hydrogen-bond donors (Lipinski definition) is 3. The second kappa shape index (κ2) is 4.64. The topological polar surface area (TPSA) is 81.1 Å². The third-order valence-corrected chi connectivity index (χ3v) is 1.39. The lowest BCUT2D eigenvalue weighted by Crippen LogP contribution is -2.30. The van der Waals surface area contributed by atoms with E-state index in [1.54, 1.807) is 0 Å². The van der Waals surface area contributed by atoms with E-state index in [-0.39, 0.29) is 23.7 Å². The van der Waals surface area contributed by atoms with Crippen molar-refractivity contribution in [1.82, 2.24) is 5.43 Å². The third-order valence-electron chi connectivity index (χ3n) is 1.39. The number of nitrogen functional groups attached to an aromatic ring is 2. The average Bonchev–Trinajstić information content (AvgIpc) is 2.08. The van der Waals surface area contributed by atoms with E-state index in [0.717, 1.165) is 6.07 Å². The molecule has 0 radical (unpaired) electrons. The van der Waals surface area contributed by atoms with Gasteiger partial charge in [-0.15, -0.1) is 12.4 Å². The summed E-state index contributed by atoms with van der Waals surface area (Å²) in [4.78, 5) is 10.9. The minimum Gasteiger partial charge on any atom is -0.396 e. The van der Waals surface area contributed by atoms with Crippen LogP contribution in [0.5, 0.6) is 0 Å². The fourth-order valence-electron chi connectivity index (χ4n) is 0.768. The first kappa shape index (κ1) is 11.7. The summed E-state index contributed by atoms with van der Waals surface area (Å²) < 4.78 is 12.6. The maximum atomic E-state index is 12.6. The van der Waals surface area contributed by atoms with E-state index in [1.807, 2.05) is 5.43 Å². The molecule has 0 spiro atoms. The Balaban J connectivity index is 0.00000144. The molecule has 1 aromatic rings. The van der Waals surface area contributed by atoms with E-state index in [0.29, 0.717) is 0 Å². The van der Waals surface area contributed by atoms with Crippen molar-refractivity contribution in [3.63, 3.8) is 0 Å². The summed E-state index contributed by atoms with van der Waals surface area (Å²) in [5, 5.41) is 0. The van der Waals surface area contributed by atoms with Gasteiger partial charge in [0.2, 0.25) is 0 Å². The smallest absolute Gasteiger partial charge is 0.265 e. The highest BCUT2D eigenvalue weighted by Crippen LogP contribution is 2.11. The molecule has 0 fully saturated rings. The molecule has 4 nitrogen and oxygen atoms in total. The molecule has 0 saturated heterocycles. The van der Waals surface area contributed by atoms with Gasteiger partial charge in [0.15, 0.2) is 0 Å². The van der Waals surface area contributed by atoms with Gasteiger partial charge in [-0.1, -0.05) is 0 Å². The molecular weight excluding hydrogens is 197 g/mol. The minimum absolute atomic E-state index is 0. The predicted molar refractivity (Wildman–Crippen MR) is 49.7 cm³/mol. The molecule has 0 aliphatic heterocycles. The summed E-state index contributed by atoms with van der Waals surface area (Å²) in [5.41, 5.74) is 7.29. The predicted octanol–water partition coefficient (Wildman–Crippen LogP) is 0.433. The summed E-state index contributed by atoms with van der Waals surface area (Å²) in [6, 6.07) is 3.63. The van der Waals surface area contributed by atoms with Gasteiger partial charge in [-0.3, -0.25) is 10.2 Å². The SMILES string of the molecule is Cl.NNC(=O)c1ccc(F)c(N)c1. The van der Waals surface area contributed by atoms with Crippen molar-refractivity contribution < 1.29 is 9.18 Å². The Hall–Kier alpha value is -1.33. The van der Waals surface area contributed by atoms with Crippen LogP contribution in [-0.2, 0) is 0 Å². The van der Waals surface area contributed by atoms with E-state index < -0.39 is 11.7 Å². The normalized spacial score (nSPS) is 8.77. The number of halogens is 2. The molecule has 0 bridgehead atoms. The van der Waals surface area contributed by atoms with E-state index >= 15 is 0 Å². The highest BCUT2D eigenvalue weighted by molar-refractivity contribution is 5.94. The van der Waals surface area contributed by atoms with E-state index in [9.17, 15) is 9.18 Å². The Morgan fingerprint density at radius 1 is 1.46 bits per heavy atom. The van der Waals surface area contributed by atoms with Gasteiger partial charge in [-0.25, -0.2) is 10.2 Å². The molecule has 0 aliphatic rings. The third kappa shape index (κ3) is 2.57. The number of anilines is 1. The summed E-state index contributed by atoms with van der Waals surface area (Å²) in [5.74, 6) is 3.81. The van der Waals surface area contributed by atoms with Crippen LogP contribution in [0.1, 0.15) is 10.4 Å². The molecule has 0 unspecified atom stereocenters. The molecule has 1 aromatic carbocycles. The molecule has 1 rings (SSSR count). The van der Waals surface area contributed by atoms with Gasteiger partial charge >= 0.3 is 0 Å². The summed E-state index contributed by atoms with van der Waals surface area (Å²) in [6.45, 7) is 0. The van der Waals surface area contributed by atoms with Crippen LogP contribution in [0.2, 0.25) is 0 Å².